The van der Waals surface area contributed by atoms with Gasteiger partial charge >= 0.3 is 0 Å². The van der Waals surface area contributed by atoms with Crippen LogP contribution in [0.25, 0.3) is 0 Å². The molecule has 0 aliphatic carbocycles. The van der Waals surface area contributed by atoms with E-state index in [9.17, 15) is 13.2 Å². The lowest BCUT2D eigenvalue weighted by molar-refractivity contribution is 0.0760. The third-order valence-corrected chi connectivity index (χ3v) is 5.50. The van der Waals surface area contributed by atoms with E-state index in [1.165, 1.54) is 23.5 Å². The minimum Gasteiger partial charge on any atom is -0.330 e. The highest BCUT2D eigenvalue weighted by atomic mass is 35.5. The van der Waals surface area contributed by atoms with Crippen molar-refractivity contribution in [3.63, 3.8) is 0 Å². The van der Waals surface area contributed by atoms with Crippen LogP contribution in [0.1, 0.15) is 15.2 Å². The highest BCUT2D eigenvalue weighted by Crippen LogP contribution is 2.24. The van der Waals surface area contributed by atoms with Gasteiger partial charge in [0.05, 0.1) is 21.3 Å². The van der Waals surface area contributed by atoms with Crippen LogP contribution in [0.4, 0.5) is 0 Å². The largest absolute Gasteiger partial charge is 0.330 e. The van der Waals surface area contributed by atoms with E-state index in [0.29, 0.717) is 17.4 Å². The Morgan fingerprint density at radius 3 is 2.57 bits per heavy atom. The molecule has 2 rings (SSSR count). The number of carbonyl (C=O) groups is 1. The second-order valence-electron chi connectivity index (χ2n) is 4.95. The standard InChI is InChI=1S/C16H16ClNO3S2/c1-3-10-18(11-12-8-9-15(17)22-12)16(19)13-6-4-5-7-14(13)23(2,20)21/h3-9H,1,10-11H2,2H3. The predicted molar refractivity (Wildman–Crippen MR) is 93.8 cm³/mol. The SMILES string of the molecule is C=CCN(Cc1ccc(Cl)s1)C(=O)c1ccccc1S(C)(=O)=O. The zero-order chi connectivity index (χ0) is 17.0. The zero-order valence-corrected chi connectivity index (χ0v) is 14.9. The van der Waals surface area contributed by atoms with Gasteiger partial charge in [0.25, 0.3) is 5.91 Å². The molecule has 122 valence electrons. The average Bonchev–Trinajstić information content (AvgIpc) is 2.90. The number of hydrogen-bond acceptors (Lipinski definition) is 4. The fourth-order valence-electron chi connectivity index (χ4n) is 2.14. The number of hydrogen-bond donors (Lipinski definition) is 0. The first kappa shape index (κ1) is 17.7. The van der Waals surface area contributed by atoms with Gasteiger partial charge in [-0.15, -0.1) is 17.9 Å². The molecule has 1 aromatic carbocycles. The summed E-state index contributed by atoms with van der Waals surface area (Å²) in [6.45, 7) is 4.32. The molecule has 0 radical (unpaired) electrons. The molecule has 0 saturated carbocycles. The van der Waals surface area contributed by atoms with Crippen LogP contribution in [0.15, 0.2) is 53.9 Å². The van der Waals surface area contributed by atoms with Crippen molar-refractivity contribution in [1.29, 1.82) is 0 Å². The Morgan fingerprint density at radius 1 is 1.30 bits per heavy atom. The van der Waals surface area contributed by atoms with Crippen LogP contribution >= 0.6 is 22.9 Å². The number of benzene rings is 1. The van der Waals surface area contributed by atoms with Crippen molar-refractivity contribution in [3.8, 4) is 0 Å². The van der Waals surface area contributed by atoms with Crippen LogP contribution in [-0.2, 0) is 16.4 Å². The molecule has 0 saturated heterocycles. The molecular weight excluding hydrogens is 354 g/mol. The van der Waals surface area contributed by atoms with Gasteiger partial charge in [0, 0.05) is 17.7 Å². The number of amides is 1. The molecule has 4 nitrogen and oxygen atoms in total. The number of rotatable bonds is 6. The topological polar surface area (TPSA) is 54.5 Å². The summed E-state index contributed by atoms with van der Waals surface area (Å²) in [5.74, 6) is -0.351. The molecule has 1 amide bonds. The summed E-state index contributed by atoms with van der Waals surface area (Å²) in [6.07, 6.45) is 2.70. The molecule has 2 aromatic rings. The number of thiophene rings is 1. The normalized spacial score (nSPS) is 11.2. The molecule has 7 heteroatoms. The van der Waals surface area contributed by atoms with Crippen molar-refractivity contribution in [2.24, 2.45) is 0 Å². The summed E-state index contributed by atoms with van der Waals surface area (Å²) in [4.78, 5) is 15.3. The molecule has 1 heterocycles. The number of nitrogens with zero attached hydrogens (tertiary/aromatic N) is 1. The predicted octanol–water partition coefficient (Wildman–Crippen LogP) is 3.63. The van der Waals surface area contributed by atoms with E-state index >= 15 is 0 Å². The van der Waals surface area contributed by atoms with Gasteiger partial charge in [-0.25, -0.2) is 8.42 Å². The van der Waals surface area contributed by atoms with E-state index in [-0.39, 0.29) is 16.4 Å². The van der Waals surface area contributed by atoms with Gasteiger partial charge < -0.3 is 4.90 Å². The van der Waals surface area contributed by atoms with Crippen molar-refractivity contribution < 1.29 is 13.2 Å². The maximum absolute atomic E-state index is 12.8. The minimum absolute atomic E-state index is 0.0308. The number of carbonyl (C=O) groups excluding carboxylic acids is 1. The van der Waals surface area contributed by atoms with Crippen LogP contribution in [0.2, 0.25) is 4.34 Å². The van der Waals surface area contributed by atoms with Crippen molar-refractivity contribution in [2.75, 3.05) is 12.8 Å². The maximum Gasteiger partial charge on any atom is 0.255 e. The molecule has 0 N–H and O–H groups in total. The Hall–Kier alpha value is -1.63. The molecule has 0 unspecified atom stereocenters. The van der Waals surface area contributed by atoms with E-state index in [1.807, 2.05) is 6.07 Å². The number of sulfone groups is 1. The monoisotopic (exact) mass is 369 g/mol. The molecule has 0 bridgehead atoms. The summed E-state index contributed by atoms with van der Waals surface area (Å²) < 4.78 is 24.4. The Bertz CT molecular complexity index is 827. The number of halogens is 1. The van der Waals surface area contributed by atoms with Crippen LogP contribution in [0.5, 0.6) is 0 Å². The quantitative estimate of drug-likeness (QED) is 0.730. The summed E-state index contributed by atoms with van der Waals surface area (Å²) >= 11 is 7.30. The van der Waals surface area contributed by atoms with Gasteiger partial charge in [0.1, 0.15) is 0 Å². The average molecular weight is 370 g/mol. The Balaban J connectivity index is 2.37. The molecule has 0 aliphatic rings. The van der Waals surface area contributed by atoms with Gasteiger partial charge in [-0.1, -0.05) is 29.8 Å². The van der Waals surface area contributed by atoms with E-state index in [1.54, 1.807) is 29.2 Å². The summed E-state index contributed by atoms with van der Waals surface area (Å²) in [7, 11) is -3.49. The van der Waals surface area contributed by atoms with E-state index in [2.05, 4.69) is 6.58 Å². The van der Waals surface area contributed by atoms with Gasteiger partial charge in [0.15, 0.2) is 9.84 Å². The van der Waals surface area contributed by atoms with E-state index in [4.69, 9.17) is 11.6 Å². The van der Waals surface area contributed by atoms with Crippen LogP contribution in [0.3, 0.4) is 0 Å². The molecule has 0 fully saturated rings. The second kappa shape index (κ2) is 7.29. The smallest absolute Gasteiger partial charge is 0.255 e. The van der Waals surface area contributed by atoms with Crippen molar-refractivity contribution in [2.45, 2.75) is 11.4 Å². The van der Waals surface area contributed by atoms with E-state index < -0.39 is 9.84 Å². The fraction of sp³-hybridized carbons (Fsp3) is 0.188. The second-order valence-corrected chi connectivity index (χ2v) is 8.73. The van der Waals surface area contributed by atoms with Crippen molar-refractivity contribution in [3.05, 3.63) is 63.8 Å². The Labute approximate surface area is 144 Å². The lowest BCUT2D eigenvalue weighted by Gasteiger charge is -2.21. The van der Waals surface area contributed by atoms with Gasteiger partial charge in [-0.2, -0.15) is 0 Å². The molecular formula is C16H16ClNO3S2. The minimum atomic E-state index is -3.49. The van der Waals surface area contributed by atoms with Gasteiger partial charge in [0.2, 0.25) is 0 Å². The highest BCUT2D eigenvalue weighted by Gasteiger charge is 2.22. The molecule has 0 aliphatic heterocycles. The maximum atomic E-state index is 12.8. The first-order valence-corrected chi connectivity index (χ1v) is 9.85. The van der Waals surface area contributed by atoms with Crippen LogP contribution < -0.4 is 0 Å². The van der Waals surface area contributed by atoms with E-state index in [0.717, 1.165) is 11.1 Å². The van der Waals surface area contributed by atoms with Gasteiger partial charge in [-0.05, 0) is 24.3 Å². The van der Waals surface area contributed by atoms with Crippen LogP contribution in [0, 0.1) is 0 Å². The van der Waals surface area contributed by atoms with Crippen LogP contribution in [-0.4, -0.2) is 32.0 Å². The molecule has 0 spiro atoms. The molecule has 23 heavy (non-hydrogen) atoms. The fourth-order valence-corrected chi connectivity index (χ4v) is 4.12. The molecule has 1 aromatic heterocycles. The third kappa shape index (κ3) is 4.43. The highest BCUT2D eigenvalue weighted by molar-refractivity contribution is 7.90. The summed E-state index contributed by atoms with van der Waals surface area (Å²) in [5, 5.41) is 0. The zero-order valence-electron chi connectivity index (χ0n) is 12.5. The van der Waals surface area contributed by atoms with Crippen molar-refractivity contribution in [1.82, 2.24) is 4.90 Å². The third-order valence-electron chi connectivity index (χ3n) is 3.13. The lowest BCUT2D eigenvalue weighted by atomic mass is 10.2. The first-order chi connectivity index (χ1) is 10.8. The summed E-state index contributed by atoms with van der Waals surface area (Å²) in [6, 6.07) is 9.83. The first-order valence-electron chi connectivity index (χ1n) is 6.76. The van der Waals surface area contributed by atoms with Crippen molar-refractivity contribution >= 4 is 38.7 Å². The Kier molecular flexibility index (Phi) is 5.62. The van der Waals surface area contributed by atoms with Gasteiger partial charge in [-0.3, -0.25) is 4.79 Å². The Morgan fingerprint density at radius 2 is 2.00 bits per heavy atom. The summed E-state index contributed by atoms with van der Waals surface area (Å²) in [5.41, 5.74) is 0.166. The lowest BCUT2D eigenvalue weighted by Crippen LogP contribution is -2.31. The molecule has 0 atom stereocenters.